The fourth-order valence-electron chi connectivity index (χ4n) is 2.32. The van der Waals surface area contributed by atoms with Crippen LogP contribution in [0, 0.1) is 0 Å². The Bertz CT molecular complexity index is 505. The van der Waals surface area contributed by atoms with Crippen LogP contribution in [0.25, 0.3) is 0 Å². The molecule has 1 atom stereocenters. The van der Waals surface area contributed by atoms with Gasteiger partial charge < -0.3 is 19.4 Å². The summed E-state index contributed by atoms with van der Waals surface area (Å²) in [5, 5.41) is 8.31. The van der Waals surface area contributed by atoms with Gasteiger partial charge in [-0.05, 0) is 6.42 Å². The summed E-state index contributed by atoms with van der Waals surface area (Å²) in [5.41, 5.74) is 0. The second-order valence-corrected chi connectivity index (χ2v) is 8.14. The molecule has 0 aromatic carbocycles. The van der Waals surface area contributed by atoms with Crippen molar-refractivity contribution in [2.45, 2.75) is 82.8 Å². The Balaban J connectivity index is 0. The van der Waals surface area contributed by atoms with Gasteiger partial charge in [0, 0.05) is 12.4 Å². The molecule has 0 spiro atoms. The van der Waals surface area contributed by atoms with E-state index in [-0.39, 0.29) is 25.5 Å². The normalized spacial score (nSPS) is 13.5. The van der Waals surface area contributed by atoms with Crippen LogP contribution < -0.4 is 24.0 Å². The molecule has 0 amide bonds. The van der Waals surface area contributed by atoms with E-state index in [9.17, 15) is 23.1 Å². The largest absolute Gasteiger partial charge is 1.00 e. The zero-order chi connectivity index (χ0) is 20.5. The van der Waals surface area contributed by atoms with Crippen molar-refractivity contribution in [2.24, 2.45) is 0 Å². The maximum absolute atomic E-state index is 11.5. The predicted molar refractivity (Wildman–Crippen MR) is 98.6 cm³/mol. The fourth-order valence-corrected chi connectivity index (χ4v) is 2.97. The van der Waals surface area contributed by atoms with E-state index in [2.05, 4.69) is 11.7 Å². The first-order chi connectivity index (χ1) is 12.8. The minimum absolute atomic E-state index is 0. The first-order valence-electron chi connectivity index (χ1n) is 9.69. The van der Waals surface area contributed by atoms with Gasteiger partial charge in [-0.3, -0.25) is 9.35 Å². The van der Waals surface area contributed by atoms with Crippen LogP contribution >= 0.6 is 0 Å². The molecule has 1 saturated heterocycles. The molecule has 0 aliphatic carbocycles. The van der Waals surface area contributed by atoms with Gasteiger partial charge in [0.1, 0.15) is 0 Å². The van der Waals surface area contributed by atoms with Gasteiger partial charge in [-0.25, -0.2) is 0 Å². The van der Waals surface area contributed by atoms with Gasteiger partial charge in [0.25, 0.3) is 10.1 Å². The SMILES string of the molecule is C1CO1.CCCCCCCCCCCCOC(=O)C(CC(=O)[O-])S(=O)(=O)O.[Li+]. The van der Waals surface area contributed by atoms with E-state index in [1.54, 1.807) is 0 Å². The van der Waals surface area contributed by atoms with E-state index in [4.69, 9.17) is 9.29 Å². The van der Waals surface area contributed by atoms with Crippen molar-refractivity contribution in [3.05, 3.63) is 0 Å². The number of hydrogen-bond donors (Lipinski definition) is 1. The zero-order valence-electron chi connectivity index (χ0n) is 17.2. The third-order valence-electron chi connectivity index (χ3n) is 3.92. The molecule has 0 aromatic heterocycles. The summed E-state index contributed by atoms with van der Waals surface area (Å²) in [5.74, 6) is -2.99. The Morgan fingerprint density at radius 2 is 1.43 bits per heavy atom. The van der Waals surface area contributed by atoms with Gasteiger partial charge >= 0.3 is 24.8 Å². The van der Waals surface area contributed by atoms with Crippen molar-refractivity contribution in [3.63, 3.8) is 0 Å². The monoisotopic (exact) mass is 416 g/mol. The van der Waals surface area contributed by atoms with Crippen LogP contribution in [0.15, 0.2) is 0 Å². The smallest absolute Gasteiger partial charge is 0.550 e. The summed E-state index contributed by atoms with van der Waals surface area (Å²) >= 11 is 0. The van der Waals surface area contributed by atoms with E-state index in [0.29, 0.717) is 6.42 Å². The van der Waals surface area contributed by atoms with Crippen LogP contribution in [0.5, 0.6) is 0 Å². The summed E-state index contributed by atoms with van der Waals surface area (Å²) in [6, 6.07) is 0. The summed E-state index contributed by atoms with van der Waals surface area (Å²) in [7, 11) is -4.82. The van der Waals surface area contributed by atoms with Crippen molar-refractivity contribution >= 4 is 22.1 Å². The standard InChI is InChI=1S/C16H30O7S.C2H4O.Li/c1-2-3-4-5-6-7-8-9-10-11-12-23-16(19)14(13-15(17)18)24(20,21)22;1-2-3-1;/h14H,2-13H2,1H3,(H,17,18)(H,20,21,22);1-2H2;/q;;+1/p-1. The van der Waals surface area contributed by atoms with Crippen LogP contribution in [0.4, 0.5) is 0 Å². The molecule has 10 heteroatoms. The molecule has 0 bridgehead atoms. The average molecular weight is 416 g/mol. The Morgan fingerprint density at radius 1 is 1.00 bits per heavy atom. The molecule has 1 heterocycles. The number of hydrogen-bond acceptors (Lipinski definition) is 7. The van der Waals surface area contributed by atoms with Crippen LogP contribution in [-0.4, -0.2) is 50.0 Å². The molecule has 1 rings (SSSR count). The van der Waals surface area contributed by atoms with Crippen molar-refractivity contribution in [1.29, 1.82) is 0 Å². The summed E-state index contributed by atoms with van der Waals surface area (Å²) in [6.45, 7) is 4.19. The molecule has 8 nitrogen and oxygen atoms in total. The molecular formula is C18H33LiO8S. The van der Waals surface area contributed by atoms with Gasteiger partial charge in [0.2, 0.25) is 0 Å². The number of carboxylic acids is 1. The van der Waals surface area contributed by atoms with Gasteiger partial charge in [-0.1, -0.05) is 64.7 Å². The fraction of sp³-hybridized carbons (Fsp3) is 0.889. The molecule has 0 radical (unpaired) electrons. The molecule has 28 heavy (non-hydrogen) atoms. The van der Waals surface area contributed by atoms with Gasteiger partial charge in [0.15, 0.2) is 5.25 Å². The van der Waals surface area contributed by atoms with E-state index < -0.39 is 33.7 Å². The maximum Gasteiger partial charge on any atom is 1.00 e. The summed E-state index contributed by atoms with van der Waals surface area (Å²) in [4.78, 5) is 22.0. The summed E-state index contributed by atoms with van der Waals surface area (Å²) < 4.78 is 40.0. The van der Waals surface area contributed by atoms with Crippen molar-refractivity contribution < 1.29 is 56.0 Å². The molecular weight excluding hydrogens is 383 g/mol. The molecule has 1 fully saturated rings. The molecule has 1 aliphatic heterocycles. The second kappa shape index (κ2) is 18.4. The van der Waals surface area contributed by atoms with Gasteiger partial charge in [-0.2, -0.15) is 8.42 Å². The first kappa shape index (κ1) is 29.6. The summed E-state index contributed by atoms with van der Waals surface area (Å²) in [6.07, 6.45) is 9.90. The number of aliphatic carboxylic acids is 1. The van der Waals surface area contributed by atoms with E-state index >= 15 is 0 Å². The number of carboxylic acid groups (broad SMARTS) is 1. The quantitative estimate of drug-likeness (QED) is 0.117. The van der Waals surface area contributed by atoms with Crippen LogP contribution in [-0.2, 0) is 29.2 Å². The number of epoxide rings is 1. The number of carbonyl (C=O) groups excluding carboxylic acids is 2. The van der Waals surface area contributed by atoms with E-state index in [0.717, 1.165) is 32.5 Å². The van der Waals surface area contributed by atoms with Gasteiger partial charge in [-0.15, -0.1) is 0 Å². The Kier molecular flexibility index (Phi) is 19.5. The number of unbranched alkanes of at least 4 members (excludes halogenated alkanes) is 9. The molecule has 160 valence electrons. The van der Waals surface area contributed by atoms with Crippen LogP contribution in [0.2, 0.25) is 0 Å². The van der Waals surface area contributed by atoms with Gasteiger partial charge in [0.05, 0.1) is 19.8 Å². The molecule has 1 N–H and O–H groups in total. The molecule has 1 unspecified atom stereocenters. The van der Waals surface area contributed by atoms with E-state index in [1.165, 1.54) is 38.5 Å². The van der Waals surface area contributed by atoms with Crippen molar-refractivity contribution in [1.82, 2.24) is 0 Å². The minimum atomic E-state index is -4.82. The predicted octanol–water partition coefficient (Wildman–Crippen LogP) is -1.13. The number of esters is 1. The third-order valence-corrected chi connectivity index (χ3v) is 5.00. The maximum atomic E-state index is 11.5. The Morgan fingerprint density at radius 3 is 1.79 bits per heavy atom. The Labute approximate surface area is 180 Å². The molecule has 0 aromatic rings. The molecule has 0 saturated carbocycles. The van der Waals surface area contributed by atoms with Crippen LogP contribution in [0.3, 0.4) is 0 Å². The Hall–Kier alpha value is -0.593. The topological polar surface area (TPSA) is 133 Å². The first-order valence-corrected chi connectivity index (χ1v) is 11.2. The van der Waals surface area contributed by atoms with E-state index in [1.807, 2.05) is 0 Å². The zero-order valence-corrected chi connectivity index (χ0v) is 18.0. The van der Waals surface area contributed by atoms with Crippen molar-refractivity contribution in [3.8, 4) is 0 Å². The minimum Gasteiger partial charge on any atom is -0.550 e. The average Bonchev–Trinajstić information content (AvgIpc) is 3.45. The third kappa shape index (κ3) is 20.1. The number of rotatable bonds is 15. The van der Waals surface area contributed by atoms with Crippen LogP contribution in [0.1, 0.15) is 77.6 Å². The number of ether oxygens (including phenoxy) is 2. The number of carbonyl (C=O) groups is 2. The molecule has 1 aliphatic rings. The second-order valence-electron chi connectivity index (χ2n) is 6.54. The van der Waals surface area contributed by atoms with Crippen molar-refractivity contribution in [2.75, 3.05) is 19.8 Å².